The number of carbonyl (C=O) groups is 1. The molecule has 1 N–H and O–H groups in total. The van der Waals surface area contributed by atoms with Crippen LogP contribution in [0.2, 0.25) is 0 Å². The van der Waals surface area contributed by atoms with E-state index >= 15 is 0 Å². The first-order chi connectivity index (χ1) is 10.9. The van der Waals surface area contributed by atoms with Crippen LogP contribution < -0.4 is 5.32 Å². The van der Waals surface area contributed by atoms with E-state index in [0.717, 1.165) is 35.6 Å². The summed E-state index contributed by atoms with van der Waals surface area (Å²) in [5.41, 5.74) is 5.31. The second-order valence-corrected chi connectivity index (χ2v) is 6.10. The lowest BCUT2D eigenvalue weighted by molar-refractivity contribution is -0.122. The number of amides is 1. The van der Waals surface area contributed by atoms with E-state index in [-0.39, 0.29) is 18.5 Å². The molecule has 2 heterocycles. The molecule has 23 heavy (non-hydrogen) atoms. The number of pyridine rings is 1. The molecular formula is C18H26N4O. The molecule has 0 fully saturated rings. The lowest BCUT2D eigenvalue weighted by Gasteiger charge is -2.14. The zero-order valence-corrected chi connectivity index (χ0v) is 14.7. The van der Waals surface area contributed by atoms with E-state index in [1.165, 1.54) is 5.56 Å². The maximum Gasteiger partial charge on any atom is 0.241 e. The molecule has 1 amide bonds. The Morgan fingerprint density at radius 2 is 2.04 bits per heavy atom. The van der Waals surface area contributed by atoms with Gasteiger partial charge in [0.25, 0.3) is 0 Å². The van der Waals surface area contributed by atoms with Crippen molar-refractivity contribution in [1.82, 2.24) is 20.1 Å². The topological polar surface area (TPSA) is 59.8 Å². The van der Waals surface area contributed by atoms with Crippen molar-refractivity contribution in [3.63, 3.8) is 0 Å². The summed E-state index contributed by atoms with van der Waals surface area (Å²) in [7, 11) is 0. The molecule has 0 aliphatic carbocycles. The largest absolute Gasteiger partial charge is 0.352 e. The standard InChI is InChI=1S/C18H26N4O/c1-6-17-14(4)21-22(15(17)5)11-18(23)20-13(3)10-16-9-7-8-12(2)19-16/h7-9,13H,6,10-11H2,1-5H3,(H,20,23)/t13-/m1/s1. The van der Waals surface area contributed by atoms with Crippen molar-refractivity contribution >= 4 is 5.91 Å². The minimum absolute atomic E-state index is 0.0154. The maximum absolute atomic E-state index is 12.2. The molecule has 0 saturated heterocycles. The Bertz CT molecular complexity index is 690. The molecule has 0 spiro atoms. The Morgan fingerprint density at radius 1 is 1.30 bits per heavy atom. The fourth-order valence-corrected chi connectivity index (χ4v) is 2.93. The minimum Gasteiger partial charge on any atom is -0.352 e. The molecule has 0 saturated carbocycles. The van der Waals surface area contributed by atoms with Gasteiger partial charge < -0.3 is 5.32 Å². The van der Waals surface area contributed by atoms with Crippen LogP contribution in [0, 0.1) is 20.8 Å². The summed E-state index contributed by atoms with van der Waals surface area (Å²) in [5.74, 6) is -0.0154. The highest BCUT2D eigenvalue weighted by Gasteiger charge is 2.14. The SMILES string of the molecule is CCc1c(C)nn(CC(=O)N[C@H](C)Cc2cccc(C)n2)c1C. The van der Waals surface area contributed by atoms with Crippen LogP contribution in [0.25, 0.3) is 0 Å². The minimum atomic E-state index is -0.0154. The summed E-state index contributed by atoms with van der Waals surface area (Å²) in [6, 6.07) is 6.00. The summed E-state index contributed by atoms with van der Waals surface area (Å²) >= 11 is 0. The first-order valence-corrected chi connectivity index (χ1v) is 8.15. The molecule has 1 atom stereocenters. The van der Waals surface area contributed by atoms with Crippen LogP contribution in [0.1, 0.15) is 42.2 Å². The summed E-state index contributed by atoms with van der Waals surface area (Å²) in [4.78, 5) is 16.7. The smallest absolute Gasteiger partial charge is 0.241 e. The van der Waals surface area contributed by atoms with Gasteiger partial charge >= 0.3 is 0 Å². The van der Waals surface area contributed by atoms with Crippen molar-refractivity contribution in [2.45, 2.75) is 60.0 Å². The predicted octanol–water partition coefficient (Wildman–Crippen LogP) is 2.51. The number of aromatic nitrogens is 3. The molecule has 0 aliphatic rings. The first-order valence-electron chi connectivity index (χ1n) is 8.15. The van der Waals surface area contributed by atoms with Gasteiger partial charge in [0.1, 0.15) is 6.54 Å². The third-order valence-electron chi connectivity index (χ3n) is 4.05. The van der Waals surface area contributed by atoms with Crippen molar-refractivity contribution < 1.29 is 4.79 Å². The molecule has 2 aromatic heterocycles. The molecule has 0 aromatic carbocycles. The van der Waals surface area contributed by atoms with Gasteiger partial charge in [0.15, 0.2) is 0 Å². The summed E-state index contributed by atoms with van der Waals surface area (Å²) in [6.45, 7) is 10.4. The van der Waals surface area contributed by atoms with Gasteiger partial charge in [0.2, 0.25) is 5.91 Å². The number of hydrogen-bond donors (Lipinski definition) is 1. The van der Waals surface area contributed by atoms with Crippen LogP contribution in [-0.2, 0) is 24.2 Å². The Labute approximate surface area is 138 Å². The third kappa shape index (κ3) is 4.41. The van der Waals surface area contributed by atoms with Gasteiger partial charge in [-0.2, -0.15) is 5.10 Å². The molecule has 0 unspecified atom stereocenters. The van der Waals surface area contributed by atoms with E-state index in [1.54, 1.807) is 4.68 Å². The third-order valence-corrected chi connectivity index (χ3v) is 4.05. The Morgan fingerprint density at radius 3 is 2.65 bits per heavy atom. The summed E-state index contributed by atoms with van der Waals surface area (Å²) in [6.07, 6.45) is 1.67. The summed E-state index contributed by atoms with van der Waals surface area (Å²) < 4.78 is 1.79. The predicted molar refractivity (Wildman–Crippen MR) is 91.4 cm³/mol. The highest BCUT2D eigenvalue weighted by Crippen LogP contribution is 2.13. The van der Waals surface area contributed by atoms with E-state index in [0.29, 0.717) is 0 Å². The number of aryl methyl sites for hydroxylation is 2. The van der Waals surface area contributed by atoms with E-state index < -0.39 is 0 Å². The highest BCUT2D eigenvalue weighted by atomic mass is 16.2. The van der Waals surface area contributed by atoms with E-state index in [2.05, 4.69) is 22.3 Å². The van der Waals surface area contributed by atoms with Gasteiger partial charge in [0.05, 0.1) is 5.69 Å². The van der Waals surface area contributed by atoms with Gasteiger partial charge in [-0.15, -0.1) is 0 Å². The highest BCUT2D eigenvalue weighted by molar-refractivity contribution is 5.76. The normalized spacial score (nSPS) is 12.2. The number of nitrogens with zero attached hydrogens (tertiary/aromatic N) is 3. The first kappa shape index (κ1) is 17.2. The second-order valence-electron chi connectivity index (χ2n) is 6.10. The van der Waals surface area contributed by atoms with Crippen LogP contribution in [0.15, 0.2) is 18.2 Å². The quantitative estimate of drug-likeness (QED) is 0.891. The molecule has 2 aromatic rings. The molecule has 5 heteroatoms. The molecule has 0 aliphatic heterocycles. The second kappa shape index (κ2) is 7.40. The van der Waals surface area contributed by atoms with Crippen LogP contribution in [0.3, 0.4) is 0 Å². The van der Waals surface area contributed by atoms with Gasteiger partial charge in [-0.3, -0.25) is 14.5 Å². The number of carbonyl (C=O) groups excluding carboxylic acids is 1. The van der Waals surface area contributed by atoms with Crippen LogP contribution >= 0.6 is 0 Å². The van der Waals surface area contributed by atoms with Crippen LogP contribution in [0.5, 0.6) is 0 Å². The van der Waals surface area contributed by atoms with Gasteiger partial charge in [-0.25, -0.2) is 0 Å². The van der Waals surface area contributed by atoms with Gasteiger partial charge in [-0.1, -0.05) is 13.0 Å². The molecule has 0 radical (unpaired) electrons. The van der Waals surface area contributed by atoms with Gasteiger partial charge in [0, 0.05) is 29.5 Å². The van der Waals surface area contributed by atoms with Crippen LogP contribution in [-0.4, -0.2) is 26.7 Å². The monoisotopic (exact) mass is 314 g/mol. The average molecular weight is 314 g/mol. The molecule has 5 nitrogen and oxygen atoms in total. The van der Waals surface area contributed by atoms with E-state index in [4.69, 9.17) is 0 Å². The van der Waals surface area contributed by atoms with Crippen molar-refractivity contribution in [3.8, 4) is 0 Å². The van der Waals surface area contributed by atoms with E-state index in [1.807, 2.05) is 45.9 Å². The average Bonchev–Trinajstić information content (AvgIpc) is 2.72. The Hall–Kier alpha value is -2.17. The fraction of sp³-hybridized carbons (Fsp3) is 0.500. The van der Waals surface area contributed by atoms with Gasteiger partial charge in [-0.05, 0) is 51.8 Å². The Kier molecular flexibility index (Phi) is 5.53. The lowest BCUT2D eigenvalue weighted by Crippen LogP contribution is -2.37. The molecule has 0 bridgehead atoms. The number of nitrogens with one attached hydrogen (secondary N) is 1. The molecule has 124 valence electrons. The maximum atomic E-state index is 12.2. The van der Waals surface area contributed by atoms with Crippen molar-refractivity contribution in [3.05, 3.63) is 46.5 Å². The zero-order valence-electron chi connectivity index (χ0n) is 14.7. The molecule has 2 rings (SSSR count). The number of rotatable bonds is 6. The van der Waals surface area contributed by atoms with Crippen molar-refractivity contribution in [2.24, 2.45) is 0 Å². The molecular weight excluding hydrogens is 288 g/mol. The Balaban J connectivity index is 1.94. The fourth-order valence-electron chi connectivity index (χ4n) is 2.93. The summed E-state index contributed by atoms with van der Waals surface area (Å²) in [5, 5.41) is 7.50. The van der Waals surface area contributed by atoms with Crippen molar-refractivity contribution in [1.29, 1.82) is 0 Å². The van der Waals surface area contributed by atoms with E-state index in [9.17, 15) is 4.79 Å². The zero-order chi connectivity index (χ0) is 17.0. The lowest BCUT2D eigenvalue weighted by atomic mass is 10.1. The van der Waals surface area contributed by atoms with Crippen molar-refractivity contribution in [2.75, 3.05) is 0 Å². The number of hydrogen-bond acceptors (Lipinski definition) is 3. The van der Waals surface area contributed by atoms with Crippen LogP contribution in [0.4, 0.5) is 0 Å².